The summed E-state index contributed by atoms with van der Waals surface area (Å²) in [4.78, 5) is 14.6. The largest absolute Gasteiger partial charge is 0.355 e. The third-order valence-corrected chi connectivity index (χ3v) is 4.53. The van der Waals surface area contributed by atoms with E-state index in [1.807, 2.05) is 36.4 Å². The lowest BCUT2D eigenvalue weighted by Gasteiger charge is -2.24. The van der Waals surface area contributed by atoms with Crippen LogP contribution in [-0.2, 0) is 0 Å². The average Bonchev–Trinajstić information content (AvgIpc) is 3.32. The van der Waals surface area contributed by atoms with Gasteiger partial charge in [0, 0.05) is 18.2 Å². The molecule has 1 saturated heterocycles. The number of carbonyl (C=O) groups is 1. The maximum absolute atomic E-state index is 13.5. The van der Waals surface area contributed by atoms with Gasteiger partial charge in [-0.25, -0.2) is 4.39 Å². The summed E-state index contributed by atoms with van der Waals surface area (Å²) >= 11 is 0. The van der Waals surface area contributed by atoms with E-state index in [9.17, 15) is 9.18 Å². The molecule has 0 radical (unpaired) electrons. The topological polar surface area (TPSA) is 46.3 Å². The van der Waals surface area contributed by atoms with Gasteiger partial charge >= 0.3 is 0 Å². The summed E-state index contributed by atoms with van der Waals surface area (Å²) in [5.41, 5.74) is 1.97. The molecular weight excluding hydrogens is 319 g/mol. The zero-order valence-electron chi connectivity index (χ0n) is 13.6. The van der Waals surface area contributed by atoms with Crippen molar-refractivity contribution in [1.29, 1.82) is 0 Å². The van der Waals surface area contributed by atoms with Crippen molar-refractivity contribution in [3.05, 3.63) is 77.7 Å². The van der Waals surface area contributed by atoms with Gasteiger partial charge in [-0.05, 0) is 30.5 Å². The Kier molecular flexibility index (Phi) is 4.06. The van der Waals surface area contributed by atoms with Gasteiger partial charge in [-0.3, -0.25) is 4.79 Å². The third-order valence-electron chi connectivity index (χ3n) is 4.53. The van der Waals surface area contributed by atoms with Crippen LogP contribution < -0.4 is 0 Å². The fourth-order valence-corrected chi connectivity index (χ4v) is 3.33. The highest BCUT2D eigenvalue weighted by atomic mass is 19.1. The first kappa shape index (κ1) is 15.6. The first-order valence-electron chi connectivity index (χ1n) is 8.31. The summed E-state index contributed by atoms with van der Waals surface area (Å²) < 4.78 is 18.9. The molecule has 1 aromatic heterocycles. The molecule has 1 aliphatic rings. The zero-order valence-corrected chi connectivity index (χ0v) is 13.6. The summed E-state index contributed by atoms with van der Waals surface area (Å²) in [7, 11) is 0. The van der Waals surface area contributed by atoms with Crippen molar-refractivity contribution < 1.29 is 13.7 Å². The minimum Gasteiger partial charge on any atom is -0.355 e. The number of halogens is 1. The van der Waals surface area contributed by atoms with Crippen molar-refractivity contribution in [1.82, 2.24) is 10.1 Å². The minimum absolute atomic E-state index is 0.125. The van der Waals surface area contributed by atoms with Gasteiger partial charge in [-0.1, -0.05) is 47.6 Å². The molecule has 3 aromatic rings. The van der Waals surface area contributed by atoms with E-state index >= 15 is 0 Å². The monoisotopic (exact) mass is 336 g/mol. The lowest BCUT2D eigenvalue weighted by Crippen LogP contribution is -2.30. The van der Waals surface area contributed by atoms with Gasteiger partial charge in [-0.15, -0.1) is 0 Å². The van der Waals surface area contributed by atoms with Crippen LogP contribution in [0.25, 0.3) is 11.3 Å². The molecule has 1 fully saturated rings. The molecule has 2 aromatic carbocycles. The average molecular weight is 336 g/mol. The van der Waals surface area contributed by atoms with E-state index in [4.69, 9.17) is 4.52 Å². The van der Waals surface area contributed by atoms with Gasteiger partial charge in [0.05, 0.1) is 6.04 Å². The molecular formula is C20H17FN2O2. The molecule has 5 heteroatoms. The van der Waals surface area contributed by atoms with Crippen LogP contribution in [0.15, 0.2) is 65.2 Å². The number of carbonyl (C=O) groups excluding carboxylic acids is 1. The lowest BCUT2D eigenvalue weighted by atomic mass is 10.0. The number of nitrogens with zero attached hydrogens (tertiary/aromatic N) is 2. The first-order valence-corrected chi connectivity index (χ1v) is 8.31. The molecule has 0 bridgehead atoms. The molecule has 2 heterocycles. The SMILES string of the molecule is O=C(c1cc(-c2ccccc2)on1)N1CCC[C@@H]1c1cccc(F)c1. The third kappa shape index (κ3) is 3.05. The van der Waals surface area contributed by atoms with E-state index < -0.39 is 0 Å². The quantitative estimate of drug-likeness (QED) is 0.709. The number of benzene rings is 2. The van der Waals surface area contributed by atoms with Gasteiger partial charge in [0.2, 0.25) is 0 Å². The first-order chi connectivity index (χ1) is 12.2. The molecule has 0 saturated carbocycles. The van der Waals surface area contributed by atoms with Crippen LogP contribution in [0.3, 0.4) is 0 Å². The van der Waals surface area contributed by atoms with Crippen LogP contribution in [-0.4, -0.2) is 22.5 Å². The Morgan fingerprint density at radius 1 is 1.12 bits per heavy atom. The number of likely N-dealkylation sites (tertiary alicyclic amines) is 1. The van der Waals surface area contributed by atoms with Crippen LogP contribution in [0.4, 0.5) is 4.39 Å². The normalized spacial score (nSPS) is 17.0. The van der Waals surface area contributed by atoms with Crippen LogP contribution in [0.1, 0.15) is 34.9 Å². The number of amides is 1. The van der Waals surface area contributed by atoms with E-state index in [0.29, 0.717) is 12.3 Å². The van der Waals surface area contributed by atoms with Crippen molar-refractivity contribution >= 4 is 5.91 Å². The molecule has 4 nitrogen and oxygen atoms in total. The Morgan fingerprint density at radius 2 is 1.96 bits per heavy atom. The van der Waals surface area contributed by atoms with E-state index in [-0.39, 0.29) is 23.5 Å². The molecule has 0 unspecified atom stereocenters. The predicted molar refractivity (Wildman–Crippen MR) is 91.4 cm³/mol. The van der Waals surface area contributed by atoms with Gasteiger partial charge in [0.1, 0.15) is 5.82 Å². The summed E-state index contributed by atoms with van der Waals surface area (Å²) in [6, 6.07) is 17.5. The van der Waals surface area contributed by atoms with E-state index in [2.05, 4.69) is 5.16 Å². The molecule has 1 atom stereocenters. The fraction of sp³-hybridized carbons (Fsp3) is 0.200. The number of rotatable bonds is 3. The maximum Gasteiger partial charge on any atom is 0.276 e. The Balaban J connectivity index is 1.59. The molecule has 0 spiro atoms. The van der Waals surface area contributed by atoms with Crippen LogP contribution in [0.2, 0.25) is 0 Å². The smallest absolute Gasteiger partial charge is 0.276 e. The number of aromatic nitrogens is 1. The van der Waals surface area contributed by atoms with Crippen molar-refractivity contribution in [2.75, 3.05) is 6.54 Å². The fourth-order valence-electron chi connectivity index (χ4n) is 3.33. The summed E-state index contributed by atoms with van der Waals surface area (Å²) in [5.74, 6) is 0.0905. The molecule has 126 valence electrons. The lowest BCUT2D eigenvalue weighted by molar-refractivity contribution is 0.0725. The standard InChI is InChI=1S/C20H17FN2O2/c21-16-9-4-8-15(12-16)18-10-5-11-23(18)20(24)17-13-19(25-22-17)14-6-2-1-3-7-14/h1-4,6-9,12-13,18H,5,10-11H2/t18-/m1/s1. The Labute approximate surface area is 144 Å². The Hall–Kier alpha value is -2.95. The molecule has 25 heavy (non-hydrogen) atoms. The minimum atomic E-state index is -0.287. The van der Waals surface area contributed by atoms with Crippen LogP contribution in [0, 0.1) is 5.82 Å². The second-order valence-electron chi connectivity index (χ2n) is 6.15. The molecule has 1 amide bonds. The molecule has 4 rings (SSSR count). The zero-order chi connectivity index (χ0) is 17.2. The summed E-state index contributed by atoms with van der Waals surface area (Å²) in [6.07, 6.45) is 1.70. The Morgan fingerprint density at radius 3 is 2.76 bits per heavy atom. The highest BCUT2D eigenvalue weighted by Gasteiger charge is 2.32. The van der Waals surface area contributed by atoms with Crippen molar-refractivity contribution in [2.24, 2.45) is 0 Å². The van der Waals surface area contributed by atoms with E-state index in [1.54, 1.807) is 17.0 Å². The molecule has 0 aliphatic carbocycles. The van der Waals surface area contributed by atoms with E-state index in [1.165, 1.54) is 12.1 Å². The van der Waals surface area contributed by atoms with Crippen LogP contribution >= 0.6 is 0 Å². The van der Waals surface area contributed by atoms with Crippen molar-refractivity contribution in [3.63, 3.8) is 0 Å². The number of hydrogen-bond donors (Lipinski definition) is 0. The highest BCUT2D eigenvalue weighted by molar-refractivity contribution is 5.93. The van der Waals surface area contributed by atoms with E-state index in [0.717, 1.165) is 24.0 Å². The predicted octanol–water partition coefficient (Wildman–Crippen LogP) is 4.46. The highest BCUT2D eigenvalue weighted by Crippen LogP contribution is 2.33. The van der Waals surface area contributed by atoms with Gasteiger partial charge in [0.25, 0.3) is 5.91 Å². The van der Waals surface area contributed by atoms with Gasteiger partial charge in [0.15, 0.2) is 11.5 Å². The van der Waals surface area contributed by atoms with Crippen LogP contribution in [0.5, 0.6) is 0 Å². The molecule has 0 N–H and O–H groups in total. The maximum atomic E-state index is 13.5. The summed E-state index contributed by atoms with van der Waals surface area (Å²) in [5, 5.41) is 3.94. The second-order valence-corrected chi connectivity index (χ2v) is 6.15. The van der Waals surface area contributed by atoms with Gasteiger partial charge in [-0.2, -0.15) is 0 Å². The second kappa shape index (κ2) is 6.51. The van der Waals surface area contributed by atoms with Crippen molar-refractivity contribution in [3.8, 4) is 11.3 Å². The summed E-state index contributed by atoms with van der Waals surface area (Å²) in [6.45, 7) is 0.632. The molecule has 1 aliphatic heterocycles. The van der Waals surface area contributed by atoms with Gasteiger partial charge < -0.3 is 9.42 Å². The van der Waals surface area contributed by atoms with Crippen molar-refractivity contribution in [2.45, 2.75) is 18.9 Å². The Bertz CT molecular complexity index is 891. The number of hydrogen-bond acceptors (Lipinski definition) is 3.